The van der Waals surface area contributed by atoms with Crippen LogP contribution in [0.25, 0.3) is 0 Å². The molecular weight excluding hydrogens is 220 g/mol. The van der Waals surface area contributed by atoms with Crippen molar-refractivity contribution in [1.82, 2.24) is 0 Å². The summed E-state index contributed by atoms with van der Waals surface area (Å²) in [6.07, 6.45) is 0.649. The highest BCUT2D eigenvalue weighted by atomic mass is 16.4. The van der Waals surface area contributed by atoms with Crippen LogP contribution in [0.2, 0.25) is 0 Å². The first-order valence-electron chi connectivity index (χ1n) is 5.34. The van der Waals surface area contributed by atoms with E-state index in [1.54, 1.807) is 6.07 Å². The first-order valence-corrected chi connectivity index (χ1v) is 5.34. The third-order valence-corrected chi connectivity index (χ3v) is 2.83. The summed E-state index contributed by atoms with van der Waals surface area (Å²) in [6, 6.07) is 3.24. The van der Waals surface area contributed by atoms with Crippen molar-refractivity contribution in [3.63, 3.8) is 0 Å². The number of hydrogen-bond donors (Lipinski definition) is 3. The molecular formula is C12H16N2O3. The average molecular weight is 236 g/mol. The molecule has 1 amide bonds. The normalized spacial score (nSPS) is 12.1. The van der Waals surface area contributed by atoms with Gasteiger partial charge in [0, 0.05) is 5.69 Å². The summed E-state index contributed by atoms with van der Waals surface area (Å²) >= 11 is 0. The fraction of sp³-hybridized carbons (Fsp3) is 0.333. The van der Waals surface area contributed by atoms with Crippen LogP contribution in [0.15, 0.2) is 12.1 Å². The molecule has 1 rings (SSSR count). The molecule has 0 bridgehead atoms. The molecule has 0 saturated heterocycles. The molecule has 92 valence electrons. The van der Waals surface area contributed by atoms with Gasteiger partial charge in [0.2, 0.25) is 0 Å². The summed E-state index contributed by atoms with van der Waals surface area (Å²) in [4.78, 5) is 22.2. The highest BCUT2D eigenvalue weighted by Crippen LogP contribution is 2.29. The van der Waals surface area contributed by atoms with Gasteiger partial charge in [0.05, 0.1) is 11.5 Å². The number of rotatable bonds is 4. The predicted octanol–water partition coefficient (Wildman–Crippen LogP) is 1.12. The molecule has 5 nitrogen and oxygen atoms in total. The van der Waals surface area contributed by atoms with Crippen LogP contribution in [0.5, 0.6) is 0 Å². The van der Waals surface area contributed by atoms with Crippen LogP contribution in [0, 0.1) is 0 Å². The molecule has 0 spiro atoms. The maximum absolute atomic E-state index is 11.2. The lowest BCUT2D eigenvalue weighted by molar-refractivity contribution is -0.138. The van der Waals surface area contributed by atoms with Crippen molar-refractivity contribution in [2.24, 2.45) is 5.73 Å². The third-order valence-electron chi connectivity index (χ3n) is 2.83. The maximum Gasteiger partial charge on any atom is 0.310 e. The number of aliphatic carboxylic acids is 1. The van der Waals surface area contributed by atoms with Gasteiger partial charge < -0.3 is 16.6 Å². The first-order chi connectivity index (χ1) is 7.90. The zero-order valence-electron chi connectivity index (χ0n) is 9.86. The molecule has 17 heavy (non-hydrogen) atoms. The van der Waals surface area contributed by atoms with Gasteiger partial charge in [-0.15, -0.1) is 0 Å². The Morgan fingerprint density at radius 3 is 2.41 bits per heavy atom. The Kier molecular flexibility index (Phi) is 3.73. The Morgan fingerprint density at radius 2 is 2.00 bits per heavy atom. The Bertz CT molecular complexity index is 469. The summed E-state index contributed by atoms with van der Waals surface area (Å²) in [5.41, 5.74) is 12.7. The minimum atomic E-state index is -0.979. The minimum Gasteiger partial charge on any atom is -0.481 e. The summed E-state index contributed by atoms with van der Waals surface area (Å²) < 4.78 is 0. The highest BCUT2D eigenvalue weighted by Gasteiger charge is 2.22. The number of carboxylic acid groups (broad SMARTS) is 1. The molecule has 1 unspecified atom stereocenters. The standard InChI is InChI=1S/C12H16N2O3/c1-3-7-4-5-8(11(14)15)10(13)9(7)6(2)12(16)17/h4-6H,3,13H2,1-2H3,(H2,14,15)(H,16,17). The number of aryl methyl sites for hydroxylation is 1. The number of carbonyl (C=O) groups excluding carboxylic acids is 1. The van der Waals surface area contributed by atoms with E-state index >= 15 is 0 Å². The quantitative estimate of drug-likeness (QED) is 0.681. The first kappa shape index (κ1) is 13.0. The SMILES string of the molecule is CCc1ccc(C(N)=O)c(N)c1C(C)C(=O)O. The maximum atomic E-state index is 11.2. The van der Waals surface area contributed by atoms with Gasteiger partial charge in [-0.2, -0.15) is 0 Å². The van der Waals surface area contributed by atoms with Crippen LogP contribution in [0.3, 0.4) is 0 Å². The van der Waals surface area contributed by atoms with E-state index in [2.05, 4.69) is 0 Å². The number of nitrogens with two attached hydrogens (primary N) is 2. The molecule has 1 atom stereocenters. The Labute approximate surface area is 99.4 Å². The zero-order chi connectivity index (χ0) is 13.2. The number of hydrogen-bond acceptors (Lipinski definition) is 3. The van der Waals surface area contributed by atoms with E-state index in [9.17, 15) is 9.59 Å². The molecule has 0 aliphatic heterocycles. The van der Waals surface area contributed by atoms with E-state index in [4.69, 9.17) is 16.6 Å². The van der Waals surface area contributed by atoms with Gasteiger partial charge >= 0.3 is 5.97 Å². The van der Waals surface area contributed by atoms with Crippen molar-refractivity contribution >= 4 is 17.6 Å². The Hall–Kier alpha value is -2.04. The van der Waals surface area contributed by atoms with Crippen molar-refractivity contribution in [2.75, 3.05) is 5.73 Å². The molecule has 0 aromatic heterocycles. The van der Waals surface area contributed by atoms with Crippen molar-refractivity contribution < 1.29 is 14.7 Å². The number of nitrogen functional groups attached to an aromatic ring is 1. The second-order valence-electron chi connectivity index (χ2n) is 3.88. The van der Waals surface area contributed by atoms with E-state index in [1.807, 2.05) is 6.92 Å². The topological polar surface area (TPSA) is 106 Å². The lowest BCUT2D eigenvalue weighted by atomic mass is 9.90. The highest BCUT2D eigenvalue weighted by molar-refractivity contribution is 5.99. The van der Waals surface area contributed by atoms with Crippen LogP contribution in [0.1, 0.15) is 41.3 Å². The van der Waals surface area contributed by atoms with Gasteiger partial charge in [-0.05, 0) is 30.5 Å². The Morgan fingerprint density at radius 1 is 1.41 bits per heavy atom. The zero-order valence-corrected chi connectivity index (χ0v) is 9.86. The van der Waals surface area contributed by atoms with E-state index in [1.165, 1.54) is 13.0 Å². The molecule has 0 saturated carbocycles. The van der Waals surface area contributed by atoms with Crippen molar-refractivity contribution in [3.05, 3.63) is 28.8 Å². The number of anilines is 1. The minimum absolute atomic E-state index is 0.172. The molecule has 0 aliphatic carbocycles. The van der Waals surface area contributed by atoms with Gasteiger partial charge in [-0.1, -0.05) is 13.0 Å². The number of benzene rings is 1. The molecule has 5 heteroatoms. The third kappa shape index (κ3) is 2.38. The molecule has 1 aromatic carbocycles. The average Bonchev–Trinajstić information content (AvgIpc) is 2.26. The van der Waals surface area contributed by atoms with Crippen LogP contribution in [-0.4, -0.2) is 17.0 Å². The monoisotopic (exact) mass is 236 g/mol. The molecule has 0 aliphatic rings. The largest absolute Gasteiger partial charge is 0.481 e. The number of carboxylic acids is 1. The summed E-state index contributed by atoms with van der Waals surface area (Å²) in [6.45, 7) is 3.44. The van der Waals surface area contributed by atoms with Gasteiger partial charge in [0.15, 0.2) is 0 Å². The van der Waals surface area contributed by atoms with Crippen LogP contribution < -0.4 is 11.5 Å². The van der Waals surface area contributed by atoms with Gasteiger partial charge in [0.1, 0.15) is 0 Å². The number of amides is 1. The number of primary amides is 1. The number of carbonyl (C=O) groups is 2. The fourth-order valence-electron chi connectivity index (χ4n) is 1.84. The molecule has 0 fully saturated rings. The molecule has 0 heterocycles. The molecule has 1 aromatic rings. The van der Waals surface area contributed by atoms with E-state index < -0.39 is 17.8 Å². The fourth-order valence-corrected chi connectivity index (χ4v) is 1.84. The second-order valence-corrected chi connectivity index (χ2v) is 3.88. The van der Waals surface area contributed by atoms with Crippen LogP contribution in [0.4, 0.5) is 5.69 Å². The van der Waals surface area contributed by atoms with Crippen LogP contribution in [-0.2, 0) is 11.2 Å². The van der Waals surface area contributed by atoms with Crippen molar-refractivity contribution in [1.29, 1.82) is 0 Å². The summed E-state index contributed by atoms with van der Waals surface area (Å²) in [5.74, 6) is -2.39. The van der Waals surface area contributed by atoms with Crippen LogP contribution >= 0.6 is 0 Å². The smallest absolute Gasteiger partial charge is 0.310 e. The van der Waals surface area contributed by atoms with Gasteiger partial charge in [-0.3, -0.25) is 9.59 Å². The lowest BCUT2D eigenvalue weighted by Gasteiger charge is -2.17. The molecule has 0 radical (unpaired) electrons. The van der Waals surface area contributed by atoms with E-state index in [0.29, 0.717) is 12.0 Å². The molecule has 5 N–H and O–H groups in total. The van der Waals surface area contributed by atoms with E-state index in [0.717, 1.165) is 5.56 Å². The van der Waals surface area contributed by atoms with Crippen molar-refractivity contribution in [2.45, 2.75) is 26.2 Å². The summed E-state index contributed by atoms with van der Waals surface area (Å²) in [7, 11) is 0. The second kappa shape index (κ2) is 4.86. The van der Waals surface area contributed by atoms with Crippen molar-refractivity contribution in [3.8, 4) is 0 Å². The summed E-state index contributed by atoms with van der Waals surface area (Å²) in [5, 5.41) is 9.04. The predicted molar refractivity (Wildman–Crippen MR) is 64.8 cm³/mol. The van der Waals surface area contributed by atoms with Gasteiger partial charge in [-0.25, -0.2) is 0 Å². The van der Waals surface area contributed by atoms with Gasteiger partial charge in [0.25, 0.3) is 5.91 Å². The van der Waals surface area contributed by atoms with E-state index in [-0.39, 0.29) is 11.3 Å². The Balaban J connectivity index is 3.47. The lowest BCUT2D eigenvalue weighted by Crippen LogP contribution is -2.18.